The zero-order valence-electron chi connectivity index (χ0n) is 11.2. The number of aliphatic hydroxyl groups excluding tert-OH is 1. The normalized spacial score (nSPS) is 18.4. The highest BCUT2D eigenvalue weighted by Crippen LogP contribution is 2.24. The standard InChI is InChI=1S/C14H13N3O4/c15-16-8-12(18)11-6-7-13(19)17(11)14(20)21-9-10-4-2-1-3-5-10/h1-5,8,11H,6-7,9H2/p+1/b12-8-/t11-/m0/s1. The van der Waals surface area contributed by atoms with Gasteiger partial charge in [0.25, 0.3) is 0 Å². The summed E-state index contributed by atoms with van der Waals surface area (Å²) in [5.74, 6) is -0.795. The molecule has 21 heavy (non-hydrogen) atoms. The van der Waals surface area contributed by atoms with Crippen LogP contribution in [0.3, 0.4) is 0 Å². The zero-order valence-corrected chi connectivity index (χ0v) is 11.2. The van der Waals surface area contributed by atoms with Crippen LogP contribution in [0.15, 0.2) is 42.3 Å². The highest BCUT2D eigenvalue weighted by Gasteiger charge is 2.40. The third kappa shape index (κ3) is 3.36. The average molecular weight is 288 g/mol. The number of nitrogens with zero attached hydrogens (tertiary/aromatic N) is 3. The molecule has 0 bridgehead atoms. The summed E-state index contributed by atoms with van der Waals surface area (Å²) in [4.78, 5) is 27.3. The van der Waals surface area contributed by atoms with Crippen molar-refractivity contribution in [3.63, 3.8) is 0 Å². The van der Waals surface area contributed by atoms with Crippen LogP contribution in [-0.4, -0.2) is 28.0 Å². The van der Waals surface area contributed by atoms with E-state index in [-0.39, 0.29) is 25.2 Å². The molecule has 1 aliphatic rings. The Morgan fingerprint density at radius 2 is 2.19 bits per heavy atom. The summed E-state index contributed by atoms with van der Waals surface area (Å²) in [5.41, 5.74) is 0.791. The molecule has 2 amide bonds. The largest absolute Gasteiger partial charge is 0.504 e. The highest BCUT2D eigenvalue weighted by molar-refractivity contribution is 5.94. The molecule has 0 aromatic heterocycles. The first kappa shape index (κ1) is 14.5. The van der Waals surface area contributed by atoms with Crippen molar-refractivity contribution in [3.8, 4) is 0 Å². The number of rotatable bonds is 3. The summed E-state index contributed by atoms with van der Waals surface area (Å²) in [6, 6.07) is 8.19. The minimum absolute atomic E-state index is 0.0328. The van der Waals surface area contributed by atoms with Crippen molar-refractivity contribution in [1.82, 2.24) is 4.90 Å². The van der Waals surface area contributed by atoms with Gasteiger partial charge < -0.3 is 9.84 Å². The van der Waals surface area contributed by atoms with Gasteiger partial charge in [0.1, 0.15) is 12.6 Å². The number of likely N-dealkylation sites (tertiary alicyclic amines) is 1. The Bertz CT molecular complexity index is 606. The van der Waals surface area contributed by atoms with E-state index >= 15 is 0 Å². The van der Waals surface area contributed by atoms with Crippen molar-refractivity contribution in [1.29, 1.82) is 5.39 Å². The van der Waals surface area contributed by atoms with Crippen molar-refractivity contribution in [2.45, 2.75) is 25.5 Å². The summed E-state index contributed by atoms with van der Waals surface area (Å²) < 4.78 is 5.08. The minimum Gasteiger partial charge on any atom is -0.504 e. The first-order valence-corrected chi connectivity index (χ1v) is 6.39. The van der Waals surface area contributed by atoms with Crippen LogP contribution in [0.4, 0.5) is 4.79 Å². The van der Waals surface area contributed by atoms with E-state index in [0.717, 1.165) is 16.7 Å². The van der Waals surface area contributed by atoms with E-state index in [4.69, 9.17) is 10.1 Å². The van der Waals surface area contributed by atoms with Crippen LogP contribution < -0.4 is 0 Å². The Kier molecular flexibility index (Phi) is 4.51. The Labute approximate surface area is 121 Å². The molecule has 1 heterocycles. The molecule has 2 rings (SSSR count). The van der Waals surface area contributed by atoms with Crippen LogP contribution >= 0.6 is 0 Å². The molecule has 1 N–H and O–H groups in total. The van der Waals surface area contributed by atoms with Crippen LogP contribution in [0.25, 0.3) is 4.98 Å². The Hall–Kier alpha value is -2.88. The number of carbonyl (C=O) groups is 2. The summed E-state index contributed by atoms with van der Waals surface area (Å²) in [5, 5.41) is 18.1. The molecule has 0 spiro atoms. The number of carbonyl (C=O) groups excluding carboxylic acids is 2. The van der Waals surface area contributed by atoms with Gasteiger partial charge in [-0.25, -0.2) is 9.69 Å². The van der Waals surface area contributed by atoms with Crippen molar-refractivity contribution in [3.05, 3.63) is 52.8 Å². The van der Waals surface area contributed by atoms with Crippen LogP contribution in [0.2, 0.25) is 0 Å². The Morgan fingerprint density at radius 1 is 1.48 bits per heavy atom. The molecule has 7 nitrogen and oxygen atoms in total. The maximum atomic E-state index is 12.0. The summed E-state index contributed by atoms with van der Waals surface area (Å²) >= 11 is 0. The zero-order chi connectivity index (χ0) is 15.2. The lowest BCUT2D eigenvalue weighted by atomic mass is 10.2. The first-order chi connectivity index (χ1) is 10.1. The van der Waals surface area contributed by atoms with E-state index in [0.29, 0.717) is 0 Å². The SMILES string of the molecule is N#[N+]/C=C(\O)[C@@H]1CCC(=O)N1C(=O)OCc1ccccc1. The van der Waals surface area contributed by atoms with Crippen LogP contribution in [0, 0.1) is 5.39 Å². The second-order valence-electron chi connectivity index (χ2n) is 4.53. The second kappa shape index (κ2) is 6.52. The Morgan fingerprint density at radius 3 is 2.86 bits per heavy atom. The number of hydrogen-bond donors (Lipinski definition) is 1. The molecule has 0 saturated carbocycles. The van der Waals surface area contributed by atoms with Gasteiger partial charge in [-0.15, -0.1) is 0 Å². The van der Waals surface area contributed by atoms with Gasteiger partial charge in [-0.1, -0.05) is 30.3 Å². The van der Waals surface area contributed by atoms with E-state index in [9.17, 15) is 14.7 Å². The lowest BCUT2D eigenvalue weighted by Crippen LogP contribution is -2.40. The van der Waals surface area contributed by atoms with Gasteiger partial charge in [0.15, 0.2) is 4.98 Å². The predicted octanol–water partition coefficient (Wildman–Crippen LogP) is 2.57. The summed E-state index contributed by atoms with van der Waals surface area (Å²) in [6.07, 6.45) is 0.344. The number of diazo groups is 1. The topological polar surface area (TPSA) is 95.0 Å². The minimum atomic E-state index is -0.850. The van der Waals surface area contributed by atoms with Crippen molar-refractivity contribution in [2.24, 2.45) is 0 Å². The summed E-state index contributed by atoms with van der Waals surface area (Å²) in [6.45, 7) is 0.0328. The molecule has 7 heteroatoms. The fourth-order valence-electron chi connectivity index (χ4n) is 2.13. The molecular weight excluding hydrogens is 274 g/mol. The lowest BCUT2D eigenvalue weighted by molar-refractivity contribution is -0.127. The van der Waals surface area contributed by atoms with Gasteiger partial charge in [0.05, 0.1) is 0 Å². The van der Waals surface area contributed by atoms with Crippen molar-refractivity contribution >= 4 is 12.0 Å². The van der Waals surface area contributed by atoms with E-state index in [1.54, 1.807) is 12.1 Å². The molecule has 0 aliphatic carbocycles. The molecule has 1 fully saturated rings. The fourth-order valence-corrected chi connectivity index (χ4v) is 2.13. The van der Waals surface area contributed by atoms with Gasteiger partial charge in [-0.05, 0) is 12.0 Å². The van der Waals surface area contributed by atoms with Crippen LogP contribution in [0.5, 0.6) is 0 Å². The summed E-state index contributed by atoms with van der Waals surface area (Å²) in [7, 11) is 0. The molecule has 1 atom stereocenters. The number of aliphatic hydroxyl groups is 1. The second-order valence-corrected chi connectivity index (χ2v) is 4.53. The van der Waals surface area contributed by atoms with E-state index in [1.165, 1.54) is 0 Å². The fraction of sp³-hybridized carbons (Fsp3) is 0.286. The number of amides is 2. The van der Waals surface area contributed by atoms with Gasteiger partial charge >= 0.3 is 12.3 Å². The third-order valence-electron chi connectivity index (χ3n) is 3.15. The van der Waals surface area contributed by atoms with Gasteiger partial charge in [0.2, 0.25) is 17.1 Å². The average Bonchev–Trinajstić information content (AvgIpc) is 2.88. The highest BCUT2D eigenvalue weighted by atomic mass is 16.6. The molecular formula is C14H14N3O4+. The number of ether oxygens (including phenoxy) is 1. The number of imide groups is 1. The monoisotopic (exact) mass is 288 g/mol. The molecule has 0 unspecified atom stereocenters. The maximum absolute atomic E-state index is 12.0. The molecule has 1 aromatic carbocycles. The Balaban J connectivity index is 2.04. The molecule has 1 saturated heterocycles. The first-order valence-electron chi connectivity index (χ1n) is 6.39. The predicted molar refractivity (Wildman–Crippen MR) is 72.3 cm³/mol. The van der Waals surface area contributed by atoms with Crippen molar-refractivity contribution < 1.29 is 19.4 Å². The maximum Gasteiger partial charge on any atom is 0.417 e. The van der Waals surface area contributed by atoms with Gasteiger partial charge in [-0.3, -0.25) is 4.79 Å². The number of benzene rings is 1. The van der Waals surface area contributed by atoms with Crippen LogP contribution in [0.1, 0.15) is 18.4 Å². The third-order valence-corrected chi connectivity index (χ3v) is 3.15. The molecule has 108 valence electrons. The molecule has 1 aliphatic heterocycles. The van der Waals surface area contributed by atoms with E-state index < -0.39 is 18.0 Å². The quantitative estimate of drug-likeness (QED) is 0.681. The number of hydrogen-bond acceptors (Lipinski definition) is 5. The lowest BCUT2D eigenvalue weighted by Gasteiger charge is -2.20. The van der Waals surface area contributed by atoms with E-state index in [1.807, 2.05) is 18.2 Å². The molecule has 0 radical (unpaired) electrons. The van der Waals surface area contributed by atoms with Gasteiger partial charge in [0, 0.05) is 6.42 Å². The smallest absolute Gasteiger partial charge is 0.417 e. The van der Waals surface area contributed by atoms with Crippen LogP contribution in [-0.2, 0) is 16.1 Å². The van der Waals surface area contributed by atoms with Gasteiger partial charge in [-0.2, -0.15) is 0 Å². The van der Waals surface area contributed by atoms with Crippen molar-refractivity contribution in [2.75, 3.05) is 0 Å². The molecule has 1 aromatic rings. The van der Waals surface area contributed by atoms with E-state index in [2.05, 4.69) is 4.98 Å².